The van der Waals surface area contributed by atoms with Crippen molar-refractivity contribution in [3.63, 3.8) is 0 Å². The van der Waals surface area contributed by atoms with Crippen LogP contribution in [0.2, 0.25) is 0 Å². The van der Waals surface area contributed by atoms with Gasteiger partial charge in [0.25, 0.3) is 0 Å². The Morgan fingerprint density at radius 3 is 1.94 bits per heavy atom. The van der Waals surface area contributed by atoms with Crippen molar-refractivity contribution in [2.45, 2.75) is 13.5 Å². The van der Waals surface area contributed by atoms with Crippen molar-refractivity contribution in [2.24, 2.45) is 0 Å². The maximum Gasteiger partial charge on any atom is 0.337 e. The first kappa shape index (κ1) is 24.7. The second kappa shape index (κ2) is 11.7. The monoisotopic (exact) mass is 444 g/mol. The van der Waals surface area contributed by atoms with Crippen LogP contribution in [0.1, 0.15) is 33.2 Å². The maximum atomic E-state index is 12.7. The summed E-state index contributed by atoms with van der Waals surface area (Å²) in [6.07, 6.45) is 0. The predicted octanol–water partition coefficient (Wildman–Crippen LogP) is 2.74. The highest BCUT2D eigenvalue weighted by Gasteiger charge is 2.16. The molecule has 0 unspecified atom stereocenters. The van der Waals surface area contributed by atoms with Gasteiger partial charge in [0.1, 0.15) is 0 Å². The molecule has 1 amide bonds. The molecular weight excluding hydrogens is 416 g/mol. The fourth-order valence-corrected chi connectivity index (χ4v) is 3.09. The van der Waals surface area contributed by atoms with E-state index in [2.05, 4.69) is 5.32 Å². The number of hydrogen-bond donors (Lipinski definition) is 1. The zero-order chi connectivity index (χ0) is 23.7. The highest BCUT2D eigenvalue weighted by atomic mass is 16.5. The molecule has 9 nitrogen and oxygen atoms in total. The van der Waals surface area contributed by atoms with Gasteiger partial charge in [-0.3, -0.25) is 9.69 Å². The predicted molar refractivity (Wildman–Crippen MR) is 118 cm³/mol. The van der Waals surface area contributed by atoms with E-state index in [1.54, 1.807) is 14.2 Å². The van der Waals surface area contributed by atoms with Gasteiger partial charge < -0.3 is 24.3 Å². The van der Waals surface area contributed by atoms with E-state index < -0.39 is 11.9 Å². The van der Waals surface area contributed by atoms with Gasteiger partial charge in [0.2, 0.25) is 5.91 Å². The van der Waals surface area contributed by atoms with E-state index in [0.717, 1.165) is 5.56 Å². The lowest BCUT2D eigenvalue weighted by Crippen LogP contribution is -2.32. The molecule has 0 bridgehead atoms. The molecule has 32 heavy (non-hydrogen) atoms. The summed E-state index contributed by atoms with van der Waals surface area (Å²) in [4.78, 5) is 38.5. The molecule has 0 aliphatic heterocycles. The Labute approximate surface area is 187 Å². The van der Waals surface area contributed by atoms with Gasteiger partial charge in [-0.15, -0.1) is 0 Å². The van der Waals surface area contributed by atoms with Gasteiger partial charge in [0, 0.05) is 12.2 Å². The normalized spacial score (nSPS) is 10.4. The average Bonchev–Trinajstić information content (AvgIpc) is 2.81. The third-order valence-electron chi connectivity index (χ3n) is 4.73. The summed E-state index contributed by atoms with van der Waals surface area (Å²) in [5.41, 5.74) is 1.50. The molecule has 0 saturated carbocycles. The maximum absolute atomic E-state index is 12.7. The van der Waals surface area contributed by atoms with Crippen LogP contribution in [0.25, 0.3) is 0 Å². The van der Waals surface area contributed by atoms with E-state index in [9.17, 15) is 14.4 Å². The molecule has 2 rings (SSSR count). The average molecular weight is 444 g/mol. The number of benzene rings is 2. The minimum atomic E-state index is -0.630. The van der Waals surface area contributed by atoms with Crippen molar-refractivity contribution in [3.05, 3.63) is 53.1 Å². The number of amides is 1. The number of anilines is 1. The van der Waals surface area contributed by atoms with E-state index in [4.69, 9.17) is 18.9 Å². The van der Waals surface area contributed by atoms with Crippen LogP contribution in [-0.2, 0) is 20.8 Å². The molecule has 0 aromatic heterocycles. The summed E-state index contributed by atoms with van der Waals surface area (Å²) < 4.78 is 20.0. The summed E-state index contributed by atoms with van der Waals surface area (Å²) in [5, 5.41) is 2.73. The number of rotatable bonds is 10. The molecular formula is C23H28N2O7. The SMILES string of the molecule is CCN(CC(=O)Nc1cc(C(=O)OC)cc(C(=O)OC)c1)Cc1ccc(OC)c(OC)c1. The van der Waals surface area contributed by atoms with Gasteiger partial charge in [0.15, 0.2) is 11.5 Å². The van der Waals surface area contributed by atoms with Gasteiger partial charge in [0.05, 0.1) is 46.1 Å². The van der Waals surface area contributed by atoms with Crippen LogP contribution in [0.15, 0.2) is 36.4 Å². The zero-order valence-electron chi connectivity index (χ0n) is 18.9. The number of esters is 2. The minimum absolute atomic E-state index is 0.0981. The van der Waals surface area contributed by atoms with E-state index in [-0.39, 0.29) is 23.6 Å². The van der Waals surface area contributed by atoms with Crippen molar-refractivity contribution < 1.29 is 33.3 Å². The van der Waals surface area contributed by atoms with Crippen molar-refractivity contribution in [3.8, 4) is 11.5 Å². The number of hydrogen-bond acceptors (Lipinski definition) is 8. The van der Waals surface area contributed by atoms with Crippen LogP contribution in [0, 0.1) is 0 Å². The lowest BCUT2D eigenvalue weighted by Gasteiger charge is -2.21. The first-order valence-corrected chi connectivity index (χ1v) is 9.89. The largest absolute Gasteiger partial charge is 0.493 e. The molecule has 0 saturated heterocycles. The molecule has 0 aliphatic rings. The van der Waals surface area contributed by atoms with Crippen LogP contribution in [-0.4, -0.2) is 64.3 Å². The third-order valence-corrected chi connectivity index (χ3v) is 4.73. The van der Waals surface area contributed by atoms with Crippen LogP contribution < -0.4 is 14.8 Å². The topological polar surface area (TPSA) is 103 Å². The summed E-state index contributed by atoms with van der Waals surface area (Å²) in [6, 6.07) is 9.82. The lowest BCUT2D eigenvalue weighted by atomic mass is 10.1. The first-order valence-electron chi connectivity index (χ1n) is 9.89. The highest BCUT2D eigenvalue weighted by molar-refractivity contribution is 5.99. The van der Waals surface area contributed by atoms with Gasteiger partial charge in [-0.05, 0) is 42.4 Å². The molecule has 0 spiro atoms. The highest BCUT2D eigenvalue weighted by Crippen LogP contribution is 2.28. The number of ether oxygens (including phenoxy) is 4. The van der Waals surface area contributed by atoms with Gasteiger partial charge >= 0.3 is 11.9 Å². The molecule has 0 aliphatic carbocycles. The summed E-state index contributed by atoms with van der Waals surface area (Å²) in [7, 11) is 5.61. The van der Waals surface area contributed by atoms with Crippen LogP contribution >= 0.6 is 0 Å². The molecule has 2 aromatic rings. The van der Waals surface area contributed by atoms with Gasteiger partial charge in [-0.25, -0.2) is 9.59 Å². The van der Waals surface area contributed by atoms with E-state index in [0.29, 0.717) is 30.3 Å². The second-order valence-corrected chi connectivity index (χ2v) is 6.82. The molecule has 1 N–H and O–H groups in total. The standard InChI is InChI=1S/C23H28N2O7/c1-6-25(13-15-7-8-19(29-2)20(9-15)30-3)14-21(26)24-18-11-16(22(27)31-4)10-17(12-18)23(28)32-5/h7-12H,6,13-14H2,1-5H3,(H,24,26). The van der Waals surface area contributed by atoms with Crippen molar-refractivity contribution >= 4 is 23.5 Å². The van der Waals surface area contributed by atoms with Crippen molar-refractivity contribution in [1.82, 2.24) is 4.90 Å². The van der Waals surface area contributed by atoms with Crippen LogP contribution in [0.4, 0.5) is 5.69 Å². The molecule has 9 heteroatoms. The molecule has 0 radical (unpaired) electrons. The fourth-order valence-electron chi connectivity index (χ4n) is 3.09. The lowest BCUT2D eigenvalue weighted by molar-refractivity contribution is -0.117. The van der Waals surface area contributed by atoms with Crippen LogP contribution in [0.3, 0.4) is 0 Å². The van der Waals surface area contributed by atoms with Crippen molar-refractivity contribution in [2.75, 3.05) is 46.8 Å². The van der Waals surface area contributed by atoms with Crippen LogP contribution in [0.5, 0.6) is 11.5 Å². The van der Waals surface area contributed by atoms with Gasteiger partial charge in [-0.1, -0.05) is 13.0 Å². The number of nitrogens with zero attached hydrogens (tertiary/aromatic N) is 1. The molecule has 2 aromatic carbocycles. The van der Waals surface area contributed by atoms with E-state index in [1.807, 2.05) is 30.0 Å². The number of carbonyl (C=O) groups is 3. The van der Waals surface area contributed by atoms with Gasteiger partial charge in [-0.2, -0.15) is 0 Å². The number of carbonyl (C=O) groups excluding carboxylic acids is 3. The smallest absolute Gasteiger partial charge is 0.337 e. The zero-order valence-corrected chi connectivity index (χ0v) is 18.9. The quantitative estimate of drug-likeness (QED) is 0.558. The minimum Gasteiger partial charge on any atom is -0.493 e. The molecule has 0 atom stereocenters. The molecule has 0 fully saturated rings. The summed E-state index contributed by atoms with van der Waals surface area (Å²) in [5.74, 6) is -0.320. The van der Waals surface area contributed by atoms with Crippen molar-refractivity contribution in [1.29, 1.82) is 0 Å². The Balaban J connectivity index is 2.14. The third kappa shape index (κ3) is 6.45. The van der Waals surface area contributed by atoms with E-state index >= 15 is 0 Å². The molecule has 0 heterocycles. The summed E-state index contributed by atoms with van der Waals surface area (Å²) in [6.45, 7) is 3.18. The Kier molecular flexibility index (Phi) is 9.03. The second-order valence-electron chi connectivity index (χ2n) is 6.82. The molecule has 172 valence electrons. The Bertz CT molecular complexity index is 941. The first-order chi connectivity index (χ1) is 15.3. The summed E-state index contributed by atoms with van der Waals surface area (Å²) >= 11 is 0. The fraction of sp³-hybridized carbons (Fsp3) is 0.348. The number of likely N-dealkylation sites (N-methyl/N-ethyl adjacent to an activating group) is 1. The number of nitrogens with one attached hydrogen (secondary N) is 1. The number of methoxy groups -OCH3 is 4. The Morgan fingerprint density at radius 2 is 1.44 bits per heavy atom. The Hall–Kier alpha value is -3.59. The Morgan fingerprint density at radius 1 is 0.844 bits per heavy atom. The van der Waals surface area contributed by atoms with E-state index in [1.165, 1.54) is 32.4 Å².